The van der Waals surface area contributed by atoms with Crippen LogP contribution in [0.3, 0.4) is 0 Å². The Hall–Kier alpha value is -4.31. The minimum absolute atomic E-state index is 0.00317. The molecule has 4 aromatic rings. The molecule has 4 heteroatoms. The van der Waals surface area contributed by atoms with Crippen molar-refractivity contribution in [2.24, 2.45) is 0 Å². The van der Waals surface area contributed by atoms with E-state index in [2.05, 4.69) is 58.7 Å². The zero-order chi connectivity index (χ0) is 24.0. The van der Waals surface area contributed by atoms with Crippen molar-refractivity contribution in [1.82, 2.24) is 0 Å². The summed E-state index contributed by atoms with van der Waals surface area (Å²) in [4.78, 5) is 15.8. The summed E-state index contributed by atoms with van der Waals surface area (Å²) in [6, 6.07) is 40.7. The molecule has 1 aliphatic rings. The van der Waals surface area contributed by atoms with Crippen molar-refractivity contribution in [3.05, 3.63) is 144 Å². The molecule has 0 saturated carbocycles. The van der Waals surface area contributed by atoms with Crippen LogP contribution in [0, 0.1) is 0 Å². The average molecular weight is 461 g/mol. The van der Waals surface area contributed by atoms with Gasteiger partial charge in [0.1, 0.15) is 0 Å². The van der Waals surface area contributed by atoms with Gasteiger partial charge in [-0.1, -0.05) is 97.1 Å². The van der Waals surface area contributed by atoms with Gasteiger partial charge in [0.15, 0.2) is 0 Å². The van der Waals surface area contributed by atoms with Crippen LogP contribution >= 0.6 is 0 Å². The minimum Gasteiger partial charge on any atom is -0.466 e. The molecule has 1 heterocycles. The van der Waals surface area contributed by atoms with Gasteiger partial charge in [0.05, 0.1) is 24.8 Å². The molecule has 1 aliphatic heterocycles. The highest BCUT2D eigenvalue weighted by Gasteiger charge is 2.41. The number of anilines is 2. The fourth-order valence-electron chi connectivity index (χ4n) is 4.89. The summed E-state index contributed by atoms with van der Waals surface area (Å²) in [5.74, 6) is -0.329. The SMILES string of the molecule is COC(=O)C1=C(Nc2ccccc2)C[C@H](c2ccccc2)N(c2ccccc2)[C@H]1c1ccccc1. The lowest BCUT2D eigenvalue weighted by atomic mass is 9.84. The molecular weight excluding hydrogens is 432 g/mol. The molecule has 0 spiro atoms. The topological polar surface area (TPSA) is 41.6 Å². The quantitative estimate of drug-likeness (QED) is 0.317. The van der Waals surface area contributed by atoms with Gasteiger partial charge in [0.2, 0.25) is 0 Å². The molecule has 174 valence electrons. The number of carbonyl (C=O) groups excluding carboxylic acids is 1. The summed E-state index contributed by atoms with van der Waals surface area (Å²) in [6.07, 6.45) is 0.627. The van der Waals surface area contributed by atoms with Gasteiger partial charge in [-0.3, -0.25) is 0 Å². The number of benzene rings is 4. The monoisotopic (exact) mass is 460 g/mol. The van der Waals surface area contributed by atoms with Crippen LogP contribution in [0.2, 0.25) is 0 Å². The Morgan fingerprint density at radius 2 is 1.26 bits per heavy atom. The van der Waals surface area contributed by atoms with E-state index in [4.69, 9.17) is 4.74 Å². The van der Waals surface area contributed by atoms with E-state index < -0.39 is 0 Å². The summed E-state index contributed by atoms with van der Waals surface area (Å²) in [7, 11) is 1.45. The maximum atomic E-state index is 13.4. The normalized spacial score (nSPS) is 17.7. The fourth-order valence-corrected chi connectivity index (χ4v) is 4.89. The van der Waals surface area contributed by atoms with Gasteiger partial charge in [-0.2, -0.15) is 0 Å². The van der Waals surface area contributed by atoms with Crippen LogP contribution < -0.4 is 10.2 Å². The van der Waals surface area contributed by atoms with Gasteiger partial charge in [-0.15, -0.1) is 0 Å². The molecular formula is C31H28N2O2. The molecule has 0 amide bonds. The number of nitrogens with one attached hydrogen (secondary N) is 1. The molecule has 2 atom stereocenters. The lowest BCUT2D eigenvalue weighted by Crippen LogP contribution is -2.41. The van der Waals surface area contributed by atoms with E-state index in [1.807, 2.05) is 72.8 Å². The van der Waals surface area contributed by atoms with E-state index in [1.54, 1.807) is 0 Å². The standard InChI is InChI=1S/C31H28N2O2/c1-35-31(34)29-27(32-25-18-10-4-11-19-25)22-28(23-14-6-2-7-15-23)33(26-20-12-5-13-21-26)30(29)24-16-8-3-9-17-24/h2-21,28,30,32H,22H2,1H3/t28-,30+/m1/s1. The number of hydrogen-bond acceptors (Lipinski definition) is 4. The second-order valence-electron chi connectivity index (χ2n) is 8.56. The number of methoxy groups -OCH3 is 1. The number of ether oxygens (including phenoxy) is 1. The maximum Gasteiger partial charge on any atom is 0.337 e. The molecule has 5 rings (SSSR count). The van der Waals surface area contributed by atoms with Crippen molar-refractivity contribution in [1.29, 1.82) is 0 Å². The number of carbonyl (C=O) groups is 1. The number of rotatable bonds is 6. The Labute approximate surface area is 206 Å². The molecule has 0 aliphatic carbocycles. The van der Waals surface area contributed by atoms with Crippen LogP contribution in [0.5, 0.6) is 0 Å². The molecule has 1 N–H and O–H groups in total. The second-order valence-corrected chi connectivity index (χ2v) is 8.56. The van der Waals surface area contributed by atoms with E-state index in [-0.39, 0.29) is 18.1 Å². The van der Waals surface area contributed by atoms with E-state index in [0.717, 1.165) is 22.6 Å². The molecule has 0 saturated heterocycles. The second kappa shape index (κ2) is 10.3. The van der Waals surface area contributed by atoms with Crippen LogP contribution in [0.1, 0.15) is 29.6 Å². The van der Waals surface area contributed by atoms with E-state index in [1.165, 1.54) is 12.7 Å². The van der Waals surface area contributed by atoms with E-state index in [9.17, 15) is 4.79 Å². The maximum absolute atomic E-state index is 13.4. The van der Waals surface area contributed by atoms with Crippen molar-refractivity contribution < 1.29 is 9.53 Å². The Morgan fingerprint density at radius 1 is 0.743 bits per heavy atom. The first kappa shape index (κ1) is 22.5. The summed E-state index contributed by atoms with van der Waals surface area (Å²) in [6.45, 7) is 0. The minimum atomic E-state index is -0.337. The zero-order valence-electron chi connectivity index (χ0n) is 19.7. The summed E-state index contributed by atoms with van der Waals surface area (Å²) in [5, 5.41) is 3.57. The Kier molecular flexibility index (Phi) is 6.62. The van der Waals surface area contributed by atoms with Crippen molar-refractivity contribution in [3.8, 4) is 0 Å². The third-order valence-corrected chi connectivity index (χ3v) is 6.44. The third-order valence-electron chi connectivity index (χ3n) is 6.44. The van der Waals surface area contributed by atoms with Crippen LogP contribution in [0.4, 0.5) is 11.4 Å². The van der Waals surface area contributed by atoms with E-state index >= 15 is 0 Å². The Morgan fingerprint density at radius 3 is 1.83 bits per heavy atom. The average Bonchev–Trinajstić information content (AvgIpc) is 2.94. The van der Waals surface area contributed by atoms with E-state index in [0.29, 0.717) is 12.0 Å². The number of para-hydroxylation sites is 2. The Bertz CT molecular complexity index is 1290. The van der Waals surface area contributed by atoms with Crippen molar-refractivity contribution in [3.63, 3.8) is 0 Å². The predicted molar refractivity (Wildman–Crippen MR) is 141 cm³/mol. The molecule has 0 radical (unpaired) electrons. The lowest BCUT2D eigenvalue weighted by molar-refractivity contribution is -0.136. The molecule has 0 aromatic heterocycles. The van der Waals surface area contributed by atoms with Crippen LogP contribution in [-0.2, 0) is 9.53 Å². The molecule has 0 bridgehead atoms. The fraction of sp³-hybridized carbons (Fsp3) is 0.129. The molecule has 4 aromatic carbocycles. The van der Waals surface area contributed by atoms with Gasteiger partial charge in [-0.25, -0.2) is 4.79 Å². The van der Waals surface area contributed by atoms with Crippen molar-refractivity contribution >= 4 is 17.3 Å². The number of hydrogen-bond donors (Lipinski definition) is 1. The van der Waals surface area contributed by atoms with Crippen LogP contribution in [-0.4, -0.2) is 13.1 Å². The highest BCUT2D eigenvalue weighted by molar-refractivity contribution is 5.93. The summed E-state index contributed by atoms with van der Waals surface area (Å²) in [5.41, 5.74) is 5.71. The largest absolute Gasteiger partial charge is 0.466 e. The van der Waals surface area contributed by atoms with Gasteiger partial charge >= 0.3 is 5.97 Å². The zero-order valence-corrected chi connectivity index (χ0v) is 19.7. The molecule has 0 unspecified atom stereocenters. The van der Waals surface area contributed by atoms with Gasteiger partial charge in [0.25, 0.3) is 0 Å². The van der Waals surface area contributed by atoms with Crippen LogP contribution in [0.25, 0.3) is 0 Å². The van der Waals surface area contributed by atoms with Gasteiger partial charge in [-0.05, 0) is 35.4 Å². The number of esters is 1. The van der Waals surface area contributed by atoms with Gasteiger partial charge < -0.3 is 15.0 Å². The predicted octanol–water partition coefficient (Wildman–Crippen LogP) is 6.92. The summed E-state index contributed by atoms with van der Waals surface area (Å²) < 4.78 is 5.37. The van der Waals surface area contributed by atoms with Crippen molar-refractivity contribution in [2.45, 2.75) is 18.5 Å². The van der Waals surface area contributed by atoms with Crippen molar-refractivity contribution in [2.75, 3.05) is 17.3 Å². The smallest absolute Gasteiger partial charge is 0.337 e. The summed E-state index contributed by atoms with van der Waals surface area (Å²) >= 11 is 0. The Balaban J connectivity index is 1.76. The van der Waals surface area contributed by atoms with Crippen LogP contribution in [0.15, 0.2) is 133 Å². The molecule has 4 nitrogen and oxygen atoms in total. The first-order valence-corrected chi connectivity index (χ1v) is 11.8. The third kappa shape index (κ3) is 4.69. The first-order chi connectivity index (χ1) is 17.3. The number of nitrogens with zero attached hydrogens (tertiary/aromatic N) is 1. The molecule has 35 heavy (non-hydrogen) atoms. The first-order valence-electron chi connectivity index (χ1n) is 11.8. The highest BCUT2D eigenvalue weighted by atomic mass is 16.5. The highest BCUT2D eigenvalue weighted by Crippen LogP contribution is 2.47. The lowest BCUT2D eigenvalue weighted by Gasteiger charge is -2.45. The van der Waals surface area contributed by atoms with Gasteiger partial charge in [0, 0.05) is 23.5 Å². The molecule has 0 fully saturated rings.